The van der Waals surface area contributed by atoms with Crippen molar-refractivity contribution >= 4 is 27.5 Å². The average Bonchev–Trinajstić information content (AvgIpc) is 2.81. The molecule has 3 N–H and O–H groups in total. The molecule has 0 bridgehead atoms. The minimum atomic E-state index is -6.26. The highest BCUT2D eigenvalue weighted by atomic mass is 32.2. The van der Waals surface area contributed by atoms with Crippen molar-refractivity contribution in [2.75, 3.05) is 17.6 Å². The van der Waals surface area contributed by atoms with Crippen LogP contribution in [0.1, 0.15) is 29.7 Å². The number of nitrogens with zero attached hydrogens (tertiary/aromatic N) is 1. The molecule has 0 aliphatic carbocycles. The summed E-state index contributed by atoms with van der Waals surface area (Å²) in [6, 6.07) is 2.18. The van der Waals surface area contributed by atoms with Crippen LogP contribution in [0, 0.1) is 5.82 Å². The van der Waals surface area contributed by atoms with Crippen LogP contribution in [0.2, 0.25) is 0 Å². The molecule has 1 unspecified atom stereocenters. The van der Waals surface area contributed by atoms with Gasteiger partial charge in [0.05, 0.1) is 16.3 Å². The number of halogens is 7. The molecular weight excluding hydrogens is 553 g/mol. The summed E-state index contributed by atoms with van der Waals surface area (Å²) in [5, 5.41) is 20.9. The van der Waals surface area contributed by atoms with E-state index in [0.717, 1.165) is 6.07 Å². The molecule has 0 fully saturated rings. The molecule has 0 aromatic heterocycles. The number of benzene rings is 2. The second-order valence-electron chi connectivity index (χ2n) is 8.28. The summed E-state index contributed by atoms with van der Waals surface area (Å²) < 4.78 is 118. The molecule has 208 valence electrons. The van der Waals surface area contributed by atoms with E-state index in [2.05, 4.69) is 0 Å². The van der Waals surface area contributed by atoms with Crippen molar-refractivity contribution < 1.29 is 59.0 Å². The van der Waals surface area contributed by atoms with Crippen LogP contribution in [0.4, 0.5) is 41.2 Å². The molecule has 8 nitrogen and oxygen atoms in total. The highest BCUT2D eigenvalue weighted by Crippen LogP contribution is 2.50. The first-order valence-corrected chi connectivity index (χ1v) is 12.3. The lowest BCUT2D eigenvalue weighted by Gasteiger charge is -2.35. The number of carboxylic acid groups (broad SMARTS) is 1. The van der Waals surface area contributed by atoms with E-state index in [1.165, 1.54) is 19.1 Å². The first kappa shape index (κ1) is 29.2. The Hall–Kier alpha value is -3.40. The predicted octanol–water partition coefficient (Wildman–Crippen LogP) is 4.15. The Morgan fingerprint density at radius 1 is 1.05 bits per heavy atom. The molecule has 2 aromatic carbocycles. The van der Waals surface area contributed by atoms with Gasteiger partial charge in [-0.25, -0.2) is 17.6 Å². The van der Waals surface area contributed by atoms with E-state index < -0.39 is 62.9 Å². The maximum Gasteiger partial charge on any atom is 0.430 e. The monoisotopic (exact) mass is 572 g/mol. The summed E-state index contributed by atoms with van der Waals surface area (Å²) in [6.07, 6.45) is -14.1. The molecule has 0 saturated heterocycles. The molecule has 2 amide bonds. The Morgan fingerprint density at radius 2 is 1.66 bits per heavy atom. The fourth-order valence-corrected chi connectivity index (χ4v) is 4.91. The lowest BCUT2D eigenvalue weighted by atomic mass is 9.91. The van der Waals surface area contributed by atoms with E-state index in [9.17, 15) is 59.0 Å². The van der Waals surface area contributed by atoms with Crippen molar-refractivity contribution in [2.45, 2.75) is 42.2 Å². The summed E-state index contributed by atoms with van der Waals surface area (Å²) in [4.78, 5) is 25.4. The molecule has 1 aliphatic heterocycles. The fraction of sp³-hybridized carbons (Fsp3) is 0.364. The van der Waals surface area contributed by atoms with Crippen LogP contribution in [-0.2, 0) is 26.7 Å². The van der Waals surface area contributed by atoms with Gasteiger partial charge in [-0.15, -0.1) is 0 Å². The number of hydrogen-bond donors (Lipinski definition) is 3. The molecule has 3 rings (SSSR count). The minimum absolute atomic E-state index is 0.0228. The van der Waals surface area contributed by atoms with Crippen LogP contribution >= 0.6 is 0 Å². The van der Waals surface area contributed by atoms with Crippen LogP contribution in [0.3, 0.4) is 0 Å². The Labute approximate surface area is 210 Å². The standard InChI is InChI=1S/C22H19F7N2O6S/c1-2-38(36,37)13-4-5-14-11(9-13)7-8-31(19(33)34)17(14)18(32)30-16-6-3-12(10-15(16)23)20(35,21(24,25)26)22(27,28)29/h3-6,9-10,17,35H,2,7-8H2,1H3,(H,30,32)(H,33,34). The van der Waals surface area contributed by atoms with Crippen molar-refractivity contribution in [3.05, 3.63) is 58.9 Å². The van der Waals surface area contributed by atoms with Gasteiger partial charge in [-0.2, -0.15) is 26.3 Å². The predicted molar refractivity (Wildman–Crippen MR) is 116 cm³/mol. The normalized spacial score (nSPS) is 16.7. The second-order valence-corrected chi connectivity index (χ2v) is 10.6. The van der Waals surface area contributed by atoms with Gasteiger partial charge in [0.15, 0.2) is 9.84 Å². The number of amides is 2. The highest BCUT2D eigenvalue weighted by molar-refractivity contribution is 7.91. The van der Waals surface area contributed by atoms with Gasteiger partial charge in [0, 0.05) is 12.1 Å². The zero-order valence-corrected chi connectivity index (χ0v) is 20.0. The van der Waals surface area contributed by atoms with Crippen LogP contribution < -0.4 is 5.32 Å². The Balaban J connectivity index is 2.00. The van der Waals surface area contributed by atoms with Gasteiger partial charge in [-0.05, 0) is 41.8 Å². The lowest BCUT2D eigenvalue weighted by Crippen LogP contribution is -2.54. The smallest absolute Gasteiger partial charge is 0.430 e. The summed E-state index contributed by atoms with van der Waals surface area (Å²) in [7, 11) is -3.65. The zero-order valence-electron chi connectivity index (χ0n) is 19.2. The largest absolute Gasteiger partial charge is 0.465 e. The van der Waals surface area contributed by atoms with Gasteiger partial charge < -0.3 is 15.5 Å². The first-order chi connectivity index (χ1) is 17.3. The quantitative estimate of drug-likeness (QED) is 0.463. The summed E-state index contributed by atoms with van der Waals surface area (Å²) in [6.45, 7) is 1.13. The molecule has 0 saturated carbocycles. The van der Waals surface area contributed by atoms with Gasteiger partial charge in [-0.3, -0.25) is 9.69 Å². The van der Waals surface area contributed by atoms with Crippen molar-refractivity contribution in [3.8, 4) is 0 Å². The Morgan fingerprint density at radius 3 is 2.16 bits per heavy atom. The number of anilines is 1. The summed E-state index contributed by atoms with van der Waals surface area (Å²) >= 11 is 0. The Bertz CT molecular complexity index is 1360. The van der Waals surface area contributed by atoms with Crippen LogP contribution in [-0.4, -0.2) is 60.2 Å². The van der Waals surface area contributed by atoms with Crippen molar-refractivity contribution in [3.63, 3.8) is 0 Å². The number of carbonyl (C=O) groups is 2. The molecule has 1 aliphatic rings. The van der Waals surface area contributed by atoms with E-state index in [-0.39, 0.29) is 41.3 Å². The van der Waals surface area contributed by atoms with Crippen molar-refractivity contribution in [2.24, 2.45) is 0 Å². The first-order valence-electron chi connectivity index (χ1n) is 10.7. The van der Waals surface area contributed by atoms with Crippen LogP contribution in [0.15, 0.2) is 41.3 Å². The van der Waals surface area contributed by atoms with Crippen LogP contribution in [0.5, 0.6) is 0 Å². The third-order valence-corrected chi connectivity index (χ3v) is 7.77. The van der Waals surface area contributed by atoms with Gasteiger partial charge in [-0.1, -0.05) is 19.1 Å². The highest BCUT2D eigenvalue weighted by Gasteiger charge is 2.71. The third kappa shape index (κ3) is 5.01. The van der Waals surface area contributed by atoms with E-state index in [1.54, 1.807) is 0 Å². The number of nitrogens with one attached hydrogen (secondary N) is 1. The lowest BCUT2D eigenvalue weighted by molar-refractivity contribution is -0.376. The van der Waals surface area contributed by atoms with E-state index in [4.69, 9.17) is 0 Å². The maximum absolute atomic E-state index is 14.6. The molecule has 1 heterocycles. The van der Waals surface area contributed by atoms with E-state index >= 15 is 0 Å². The zero-order chi connectivity index (χ0) is 28.8. The molecule has 16 heteroatoms. The molecule has 0 radical (unpaired) electrons. The SMILES string of the molecule is CCS(=O)(=O)c1ccc2c(c1)CCN(C(=O)O)C2C(=O)Nc1ccc(C(O)(C(F)(F)F)C(F)(F)F)cc1F. The van der Waals surface area contributed by atoms with Gasteiger partial charge in [0.25, 0.3) is 11.5 Å². The third-order valence-electron chi connectivity index (χ3n) is 6.04. The number of fused-ring (bicyclic) bond motifs is 1. The Kier molecular flexibility index (Phi) is 7.46. The van der Waals surface area contributed by atoms with Gasteiger partial charge in [0.1, 0.15) is 11.9 Å². The molecule has 0 spiro atoms. The number of alkyl halides is 6. The number of carbonyl (C=O) groups excluding carboxylic acids is 1. The van der Waals surface area contributed by atoms with E-state index in [1.807, 2.05) is 5.32 Å². The second kappa shape index (κ2) is 9.72. The van der Waals surface area contributed by atoms with Gasteiger partial charge >= 0.3 is 18.4 Å². The minimum Gasteiger partial charge on any atom is -0.465 e. The van der Waals surface area contributed by atoms with Crippen molar-refractivity contribution in [1.82, 2.24) is 4.90 Å². The number of rotatable bonds is 5. The molecular formula is C22H19F7N2O6S. The van der Waals surface area contributed by atoms with Crippen LogP contribution in [0.25, 0.3) is 0 Å². The number of sulfone groups is 1. The number of aliphatic hydroxyl groups is 1. The number of hydrogen-bond acceptors (Lipinski definition) is 5. The van der Waals surface area contributed by atoms with E-state index in [0.29, 0.717) is 16.5 Å². The van der Waals surface area contributed by atoms with Gasteiger partial charge in [0.2, 0.25) is 0 Å². The molecule has 1 atom stereocenters. The fourth-order valence-electron chi connectivity index (χ4n) is 3.98. The summed E-state index contributed by atoms with van der Waals surface area (Å²) in [5.74, 6) is -3.22. The molecule has 2 aromatic rings. The average molecular weight is 572 g/mol. The maximum atomic E-state index is 14.6. The summed E-state index contributed by atoms with van der Waals surface area (Å²) in [5.41, 5.74) is -7.84. The van der Waals surface area contributed by atoms with Crippen molar-refractivity contribution in [1.29, 1.82) is 0 Å². The topological polar surface area (TPSA) is 124 Å². The molecule has 38 heavy (non-hydrogen) atoms.